The molecule has 3 heterocycles. The summed E-state index contributed by atoms with van der Waals surface area (Å²) in [5.41, 5.74) is 1.40. The first kappa shape index (κ1) is 27.0. The van der Waals surface area contributed by atoms with Crippen molar-refractivity contribution in [3.8, 4) is 0 Å². The summed E-state index contributed by atoms with van der Waals surface area (Å²) in [6.45, 7) is 7.85. The maximum absolute atomic E-state index is 13.4. The van der Waals surface area contributed by atoms with Crippen molar-refractivity contribution in [1.29, 1.82) is 0 Å². The fraction of sp³-hybridized carbons (Fsp3) is 0.440. The average Bonchev–Trinajstić information content (AvgIpc) is 2.90. The highest BCUT2D eigenvalue weighted by molar-refractivity contribution is 6.35. The number of alkyl halides is 3. The lowest BCUT2D eigenvalue weighted by Gasteiger charge is -2.34. The Morgan fingerprint density at radius 3 is 2.43 bits per heavy atom. The summed E-state index contributed by atoms with van der Waals surface area (Å²) >= 11 is 6.44. The number of amides is 1. The number of hydrogen-bond donors (Lipinski definition) is 1. The number of carbonyl (C=O) groups is 1. The average molecular weight is 537 g/mol. The number of fused-ring (bicyclic) bond motifs is 1. The van der Waals surface area contributed by atoms with Crippen LogP contribution in [-0.4, -0.2) is 71.7 Å². The normalized spacial score (nSPS) is 15.5. The Morgan fingerprint density at radius 2 is 1.81 bits per heavy atom. The van der Waals surface area contributed by atoms with E-state index < -0.39 is 23.9 Å². The second-order valence-corrected chi connectivity index (χ2v) is 8.95. The molecule has 0 radical (unpaired) electrons. The van der Waals surface area contributed by atoms with Crippen molar-refractivity contribution in [2.75, 3.05) is 50.8 Å². The number of carbonyl (C=O) groups excluding carboxylic acids is 1. The molecule has 1 aliphatic heterocycles. The molecule has 1 amide bonds. The van der Waals surface area contributed by atoms with Crippen LogP contribution in [0.15, 0.2) is 36.7 Å². The van der Waals surface area contributed by atoms with E-state index in [0.717, 1.165) is 31.3 Å². The first-order chi connectivity index (χ1) is 17.7. The molecule has 1 aliphatic rings. The SMILES string of the molecule is CCN(CC)c1ccc2c(C(=O)NCC(c3cnc(C(F)(F)F)nc3)N3CCOCC3)c(Cl)ccc2n1. The summed E-state index contributed by atoms with van der Waals surface area (Å²) in [5, 5.41) is 3.80. The molecule has 0 saturated carbocycles. The first-order valence-electron chi connectivity index (χ1n) is 12.1. The van der Waals surface area contributed by atoms with Crippen LogP contribution in [-0.2, 0) is 10.9 Å². The largest absolute Gasteiger partial charge is 0.451 e. The van der Waals surface area contributed by atoms with Gasteiger partial charge in [-0.25, -0.2) is 15.0 Å². The third kappa shape index (κ3) is 6.11. The lowest BCUT2D eigenvalue weighted by molar-refractivity contribution is -0.145. The van der Waals surface area contributed by atoms with Gasteiger partial charge in [0.2, 0.25) is 5.82 Å². The highest BCUT2D eigenvalue weighted by Gasteiger charge is 2.35. The minimum Gasteiger partial charge on any atom is -0.379 e. The van der Waals surface area contributed by atoms with Crippen molar-refractivity contribution >= 4 is 34.2 Å². The van der Waals surface area contributed by atoms with Crippen molar-refractivity contribution in [2.45, 2.75) is 26.1 Å². The zero-order chi connectivity index (χ0) is 26.6. The Kier molecular flexibility index (Phi) is 8.46. The number of aromatic nitrogens is 3. The summed E-state index contributed by atoms with van der Waals surface area (Å²) in [5.74, 6) is -0.805. The van der Waals surface area contributed by atoms with E-state index >= 15 is 0 Å². The Balaban J connectivity index is 1.59. The van der Waals surface area contributed by atoms with Crippen LogP contribution in [0.3, 0.4) is 0 Å². The van der Waals surface area contributed by atoms with Crippen LogP contribution in [0.4, 0.5) is 19.0 Å². The van der Waals surface area contributed by atoms with E-state index in [2.05, 4.69) is 20.2 Å². The fourth-order valence-electron chi connectivity index (χ4n) is 4.40. The number of hydrogen-bond acceptors (Lipinski definition) is 7. The minimum absolute atomic E-state index is 0.116. The molecule has 3 aromatic rings. The first-order valence-corrected chi connectivity index (χ1v) is 12.4. The minimum atomic E-state index is -4.63. The van der Waals surface area contributed by atoms with Gasteiger partial charge < -0.3 is 15.0 Å². The second-order valence-electron chi connectivity index (χ2n) is 8.54. The third-order valence-corrected chi connectivity index (χ3v) is 6.69. The van der Waals surface area contributed by atoms with Crippen LogP contribution in [0.1, 0.15) is 41.6 Å². The molecule has 1 saturated heterocycles. The van der Waals surface area contributed by atoms with Crippen molar-refractivity contribution in [1.82, 2.24) is 25.2 Å². The van der Waals surface area contributed by atoms with E-state index in [9.17, 15) is 18.0 Å². The van der Waals surface area contributed by atoms with Crippen LogP contribution in [0.25, 0.3) is 10.9 Å². The highest BCUT2D eigenvalue weighted by atomic mass is 35.5. The summed E-state index contributed by atoms with van der Waals surface area (Å²) in [6, 6.07) is 6.66. The van der Waals surface area contributed by atoms with E-state index in [1.54, 1.807) is 12.1 Å². The Labute approximate surface area is 217 Å². The van der Waals surface area contributed by atoms with E-state index in [4.69, 9.17) is 21.3 Å². The van der Waals surface area contributed by atoms with Gasteiger partial charge in [-0.1, -0.05) is 11.6 Å². The van der Waals surface area contributed by atoms with Gasteiger partial charge in [-0.15, -0.1) is 0 Å². The maximum Gasteiger partial charge on any atom is 0.451 e. The number of nitrogens with one attached hydrogen (secondary N) is 1. The monoisotopic (exact) mass is 536 g/mol. The molecule has 0 aliphatic carbocycles. The molecule has 0 bridgehead atoms. The van der Waals surface area contributed by atoms with E-state index in [1.165, 1.54) is 0 Å². The molecule has 1 N–H and O–H groups in total. The number of pyridine rings is 1. The number of nitrogens with zero attached hydrogens (tertiary/aromatic N) is 5. The molecule has 37 heavy (non-hydrogen) atoms. The van der Waals surface area contributed by atoms with E-state index in [-0.39, 0.29) is 11.6 Å². The van der Waals surface area contributed by atoms with Gasteiger partial charge in [-0.05, 0) is 38.1 Å². The maximum atomic E-state index is 13.4. The Morgan fingerprint density at radius 1 is 1.14 bits per heavy atom. The third-order valence-electron chi connectivity index (χ3n) is 6.37. The molecule has 2 aromatic heterocycles. The number of ether oxygens (including phenoxy) is 1. The van der Waals surface area contributed by atoms with Gasteiger partial charge in [0.25, 0.3) is 5.91 Å². The van der Waals surface area contributed by atoms with E-state index in [0.29, 0.717) is 48.3 Å². The lowest BCUT2D eigenvalue weighted by Crippen LogP contribution is -2.44. The molecule has 12 heteroatoms. The molecular weight excluding hydrogens is 509 g/mol. The van der Waals surface area contributed by atoms with Crippen molar-refractivity contribution < 1.29 is 22.7 Å². The summed E-state index contributed by atoms with van der Waals surface area (Å²) in [4.78, 5) is 29.2. The highest BCUT2D eigenvalue weighted by Crippen LogP contribution is 2.29. The van der Waals surface area contributed by atoms with Crippen LogP contribution in [0.2, 0.25) is 5.02 Å². The van der Waals surface area contributed by atoms with Gasteiger partial charge in [0.15, 0.2) is 0 Å². The van der Waals surface area contributed by atoms with Crippen LogP contribution in [0, 0.1) is 0 Å². The van der Waals surface area contributed by atoms with Gasteiger partial charge in [0, 0.05) is 56.1 Å². The second kappa shape index (κ2) is 11.6. The predicted molar refractivity (Wildman–Crippen MR) is 135 cm³/mol. The predicted octanol–water partition coefficient (Wildman–Crippen LogP) is 4.35. The molecule has 198 valence electrons. The fourth-order valence-corrected chi connectivity index (χ4v) is 4.65. The number of halogens is 4. The lowest BCUT2D eigenvalue weighted by atomic mass is 10.1. The zero-order valence-corrected chi connectivity index (χ0v) is 21.3. The molecule has 1 atom stereocenters. The molecular formula is C25H28ClF3N6O2. The molecule has 0 spiro atoms. The van der Waals surface area contributed by atoms with Crippen LogP contribution < -0.4 is 10.2 Å². The molecule has 1 aromatic carbocycles. The zero-order valence-electron chi connectivity index (χ0n) is 20.6. The van der Waals surface area contributed by atoms with Crippen LogP contribution in [0.5, 0.6) is 0 Å². The van der Waals surface area contributed by atoms with Gasteiger partial charge in [-0.3, -0.25) is 9.69 Å². The standard InChI is InChI=1S/C25H28ClF3N6O2/c1-3-34(4-2)21-8-5-17-19(33-21)7-6-18(26)22(17)23(36)30-15-20(35-9-11-37-12-10-35)16-13-31-24(32-14-16)25(27,28)29/h5-8,13-14,20H,3-4,9-12,15H2,1-2H3,(H,30,36). The quantitative estimate of drug-likeness (QED) is 0.458. The van der Waals surface area contributed by atoms with E-state index in [1.807, 2.05) is 30.9 Å². The molecule has 1 unspecified atom stereocenters. The molecule has 8 nitrogen and oxygen atoms in total. The summed E-state index contributed by atoms with van der Waals surface area (Å²) in [7, 11) is 0. The smallest absolute Gasteiger partial charge is 0.379 e. The van der Waals surface area contributed by atoms with Crippen molar-refractivity contribution in [3.05, 3.63) is 58.6 Å². The molecule has 4 rings (SSSR count). The molecule has 1 fully saturated rings. The van der Waals surface area contributed by atoms with Crippen LogP contribution >= 0.6 is 11.6 Å². The number of anilines is 1. The number of benzene rings is 1. The Bertz CT molecular complexity index is 1230. The summed E-state index contributed by atoms with van der Waals surface area (Å²) in [6.07, 6.45) is -2.32. The number of rotatable bonds is 8. The number of morpholine rings is 1. The van der Waals surface area contributed by atoms with Crippen molar-refractivity contribution in [2.24, 2.45) is 0 Å². The topological polar surface area (TPSA) is 83.5 Å². The van der Waals surface area contributed by atoms with Gasteiger partial charge in [0.1, 0.15) is 5.82 Å². The van der Waals surface area contributed by atoms with Gasteiger partial charge >= 0.3 is 6.18 Å². The Hall–Kier alpha value is -3.02. The van der Waals surface area contributed by atoms with Crippen molar-refractivity contribution in [3.63, 3.8) is 0 Å². The van der Waals surface area contributed by atoms with Gasteiger partial charge in [0.05, 0.1) is 35.4 Å². The summed E-state index contributed by atoms with van der Waals surface area (Å²) < 4.78 is 44.3. The van der Waals surface area contributed by atoms with Gasteiger partial charge in [-0.2, -0.15) is 13.2 Å².